The zero-order valence-electron chi connectivity index (χ0n) is 10.6. The van der Waals surface area contributed by atoms with Crippen molar-refractivity contribution in [2.45, 2.75) is 6.54 Å². The van der Waals surface area contributed by atoms with Crippen molar-refractivity contribution in [2.24, 2.45) is 0 Å². The highest BCUT2D eigenvalue weighted by molar-refractivity contribution is 6.04. The van der Waals surface area contributed by atoms with Crippen LogP contribution >= 0.6 is 0 Å². The molecule has 7 nitrogen and oxygen atoms in total. The molecule has 2 amide bonds. The van der Waals surface area contributed by atoms with Crippen molar-refractivity contribution in [3.63, 3.8) is 0 Å². The lowest BCUT2D eigenvalue weighted by molar-refractivity contribution is -0.121. The van der Waals surface area contributed by atoms with Gasteiger partial charge in [-0.2, -0.15) is 5.10 Å². The number of carbonyl (C=O) groups is 2. The van der Waals surface area contributed by atoms with E-state index in [1.807, 2.05) is 0 Å². The maximum Gasteiger partial charge on any atom is 0.258 e. The second-order valence-corrected chi connectivity index (χ2v) is 3.91. The van der Waals surface area contributed by atoms with E-state index in [4.69, 9.17) is 0 Å². The number of anilines is 1. The zero-order valence-corrected chi connectivity index (χ0v) is 10.6. The number of hydrogen-bond acceptors (Lipinski definition) is 4. The van der Waals surface area contributed by atoms with E-state index >= 15 is 0 Å². The van der Waals surface area contributed by atoms with Crippen LogP contribution in [0.2, 0.25) is 0 Å². The predicted molar refractivity (Wildman–Crippen MR) is 68.4 cm³/mol. The Morgan fingerprint density at radius 1 is 1.40 bits per heavy atom. The molecule has 2 rings (SSSR count). The molecule has 0 aliphatic heterocycles. The summed E-state index contributed by atoms with van der Waals surface area (Å²) in [5, 5.41) is 8.85. The molecule has 0 spiro atoms. The molecular formula is C12H12FN5O2. The molecule has 0 aliphatic rings. The Kier molecular flexibility index (Phi) is 4.04. The largest absolute Gasteiger partial charge is 0.358 e. The van der Waals surface area contributed by atoms with Crippen LogP contribution in [-0.2, 0) is 11.3 Å². The van der Waals surface area contributed by atoms with Crippen molar-refractivity contribution in [3.8, 4) is 0 Å². The van der Waals surface area contributed by atoms with Crippen LogP contribution in [0.3, 0.4) is 0 Å². The summed E-state index contributed by atoms with van der Waals surface area (Å²) in [6, 6.07) is 1.28. The Balaban J connectivity index is 2.05. The van der Waals surface area contributed by atoms with E-state index in [0.29, 0.717) is 5.69 Å². The van der Waals surface area contributed by atoms with E-state index in [9.17, 15) is 14.0 Å². The summed E-state index contributed by atoms with van der Waals surface area (Å²) in [6.45, 7) is 0.0377. The van der Waals surface area contributed by atoms with Gasteiger partial charge in [-0.25, -0.2) is 4.39 Å². The fourth-order valence-corrected chi connectivity index (χ4v) is 1.50. The third-order valence-electron chi connectivity index (χ3n) is 2.49. The van der Waals surface area contributed by atoms with Crippen LogP contribution in [0, 0.1) is 5.82 Å². The molecule has 104 valence electrons. The lowest BCUT2D eigenvalue weighted by atomic mass is 10.2. The average Bonchev–Trinajstić information content (AvgIpc) is 2.86. The van der Waals surface area contributed by atoms with Gasteiger partial charge in [-0.05, 0) is 6.07 Å². The molecule has 0 saturated carbocycles. The van der Waals surface area contributed by atoms with Gasteiger partial charge in [0.25, 0.3) is 5.91 Å². The quantitative estimate of drug-likeness (QED) is 0.847. The maximum atomic E-state index is 13.4. The van der Waals surface area contributed by atoms with Crippen molar-refractivity contribution in [3.05, 3.63) is 42.2 Å². The summed E-state index contributed by atoms with van der Waals surface area (Å²) in [7, 11) is 1.51. The smallest absolute Gasteiger partial charge is 0.258 e. The molecule has 0 atom stereocenters. The number of carbonyl (C=O) groups excluding carboxylic acids is 2. The Labute approximate surface area is 113 Å². The summed E-state index contributed by atoms with van der Waals surface area (Å²) < 4.78 is 14.7. The number of aromatic nitrogens is 3. The molecular weight excluding hydrogens is 265 g/mol. The molecule has 0 bridgehead atoms. The molecule has 0 aliphatic carbocycles. The van der Waals surface area contributed by atoms with E-state index in [1.54, 1.807) is 0 Å². The van der Waals surface area contributed by atoms with E-state index in [-0.39, 0.29) is 18.0 Å². The number of amides is 2. The summed E-state index contributed by atoms with van der Waals surface area (Å²) in [5.41, 5.74) is 0.258. The number of likely N-dealkylation sites (N-methyl/N-ethyl adjacent to an activating group) is 1. The second kappa shape index (κ2) is 5.91. The SMILES string of the molecule is CNC(=O)Cn1cc(NC(=O)c2ccncc2F)cn1. The first-order valence-electron chi connectivity index (χ1n) is 5.74. The Morgan fingerprint density at radius 2 is 2.20 bits per heavy atom. The predicted octanol–water partition coefficient (Wildman–Crippen LogP) is 0.415. The molecule has 2 N–H and O–H groups in total. The molecule has 20 heavy (non-hydrogen) atoms. The minimum atomic E-state index is -0.706. The summed E-state index contributed by atoms with van der Waals surface area (Å²) in [4.78, 5) is 26.6. The van der Waals surface area contributed by atoms with Crippen molar-refractivity contribution in [2.75, 3.05) is 12.4 Å². The highest BCUT2D eigenvalue weighted by atomic mass is 19.1. The number of hydrogen-bond donors (Lipinski definition) is 2. The van der Waals surface area contributed by atoms with Crippen molar-refractivity contribution in [1.29, 1.82) is 0 Å². The van der Waals surface area contributed by atoms with Crippen LogP contribution in [0.5, 0.6) is 0 Å². The van der Waals surface area contributed by atoms with Crippen molar-refractivity contribution >= 4 is 17.5 Å². The number of halogens is 1. The number of rotatable bonds is 4. The standard InChI is InChI=1S/C12H12FN5O2/c1-14-11(19)7-18-6-8(4-16-18)17-12(20)9-2-3-15-5-10(9)13/h2-6H,7H2,1H3,(H,14,19)(H,17,20). The molecule has 0 unspecified atom stereocenters. The topological polar surface area (TPSA) is 88.9 Å². The van der Waals surface area contributed by atoms with Gasteiger partial charge >= 0.3 is 0 Å². The van der Waals surface area contributed by atoms with Gasteiger partial charge in [-0.3, -0.25) is 19.3 Å². The van der Waals surface area contributed by atoms with E-state index < -0.39 is 11.7 Å². The minimum absolute atomic E-state index is 0.0377. The molecule has 0 saturated heterocycles. The fourth-order valence-electron chi connectivity index (χ4n) is 1.50. The monoisotopic (exact) mass is 277 g/mol. The minimum Gasteiger partial charge on any atom is -0.358 e. The van der Waals surface area contributed by atoms with Crippen LogP contribution in [0.25, 0.3) is 0 Å². The first-order valence-corrected chi connectivity index (χ1v) is 5.74. The van der Waals surface area contributed by atoms with Gasteiger partial charge in [0.05, 0.1) is 23.6 Å². The number of pyridine rings is 1. The average molecular weight is 277 g/mol. The van der Waals surface area contributed by atoms with Gasteiger partial charge in [0.1, 0.15) is 6.54 Å². The highest BCUT2D eigenvalue weighted by Crippen LogP contribution is 2.10. The molecule has 8 heteroatoms. The van der Waals surface area contributed by atoms with E-state index in [2.05, 4.69) is 20.7 Å². The molecule has 0 aromatic carbocycles. The van der Waals surface area contributed by atoms with Gasteiger partial charge in [0.15, 0.2) is 5.82 Å². The zero-order chi connectivity index (χ0) is 14.5. The molecule has 2 aromatic rings. The third kappa shape index (κ3) is 3.16. The number of nitrogens with one attached hydrogen (secondary N) is 2. The molecule has 2 heterocycles. The van der Waals surface area contributed by atoms with Crippen LogP contribution in [0.4, 0.5) is 10.1 Å². The van der Waals surface area contributed by atoms with Crippen LogP contribution < -0.4 is 10.6 Å². The van der Waals surface area contributed by atoms with E-state index in [0.717, 1.165) is 6.20 Å². The van der Waals surface area contributed by atoms with Crippen LogP contribution in [0.15, 0.2) is 30.9 Å². The van der Waals surface area contributed by atoms with Crippen molar-refractivity contribution in [1.82, 2.24) is 20.1 Å². The normalized spacial score (nSPS) is 10.1. The lowest BCUT2D eigenvalue weighted by Gasteiger charge is -2.03. The van der Waals surface area contributed by atoms with Crippen LogP contribution in [0.1, 0.15) is 10.4 Å². The lowest BCUT2D eigenvalue weighted by Crippen LogP contribution is -2.23. The Morgan fingerprint density at radius 3 is 2.90 bits per heavy atom. The van der Waals surface area contributed by atoms with E-state index in [1.165, 1.54) is 36.4 Å². The first-order chi connectivity index (χ1) is 9.60. The summed E-state index contributed by atoms with van der Waals surface area (Å²) >= 11 is 0. The molecule has 0 fully saturated rings. The highest BCUT2D eigenvalue weighted by Gasteiger charge is 2.12. The Hall–Kier alpha value is -2.77. The van der Waals surface area contributed by atoms with Crippen LogP contribution in [-0.4, -0.2) is 33.6 Å². The van der Waals surface area contributed by atoms with Gasteiger partial charge in [0.2, 0.25) is 5.91 Å². The number of nitrogens with zero attached hydrogens (tertiary/aromatic N) is 3. The summed E-state index contributed by atoms with van der Waals surface area (Å²) in [6.07, 6.45) is 5.14. The van der Waals surface area contributed by atoms with Gasteiger partial charge in [0, 0.05) is 19.4 Å². The summed E-state index contributed by atoms with van der Waals surface area (Å²) in [5.74, 6) is -1.53. The maximum absolute atomic E-state index is 13.4. The van der Waals surface area contributed by atoms with Gasteiger partial charge < -0.3 is 10.6 Å². The molecule has 2 aromatic heterocycles. The molecule has 0 radical (unpaired) electrons. The second-order valence-electron chi connectivity index (χ2n) is 3.91. The Bertz CT molecular complexity index is 640. The van der Waals surface area contributed by atoms with Crippen molar-refractivity contribution < 1.29 is 14.0 Å². The third-order valence-corrected chi connectivity index (χ3v) is 2.49. The van der Waals surface area contributed by atoms with Gasteiger partial charge in [-0.1, -0.05) is 0 Å². The first kappa shape index (κ1) is 13.7. The van der Waals surface area contributed by atoms with Gasteiger partial charge in [-0.15, -0.1) is 0 Å². The fraction of sp³-hybridized carbons (Fsp3) is 0.167.